The summed E-state index contributed by atoms with van der Waals surface area (Å²) in [5.41, 5.74) is 9.48. The number of hydrogen-bond acceptors (Lipinski definition) is 19. The molecule has 2 aliphatic rings. The number of urea groups is 1. The van der Waals surface area contributed by atoms with Crippen LogP contribution in [-0.2, 0) is 49.5 Å². The first kappa shape index (κ1) is 75.9. The second-order valence-electron chi connectivity index (χ2n) is 24.1. The van der Waals surface area contributed by atoms with E-state index in [0.717, 1.165) is 21.4 Å². The maximum absolute atomic E-state index is 14.6. The van der Waals surface area contributed by atoms with Crippen LogP contribution in [0.25, 0.3) is 16.4 Å². The van der Waals surface area contributed by atoms with E-state index in [1.807, 2.05) is 25.1 Å². The molecule has 4 heterocycles. The van der Waals surface area contributed by atoms with Crippen LogP contribution >= 0.6 is 11.6 Å². The van der Waals surface area contributed by atoms with E-state index in [9.17, 15) is 58.2 Å². The number of aliphatic hydroxyl groups excluding tert-OH is 1. The number of alkyl halides is 1. The van der Waals surface area contributed by atoms with Crippen LogP contribution in [0, 0.1) is 12.8 Å². The zero-order valence-corrected chi connectivity index (χ0v) is 57.2. The lowest BCUT2D eigenvalue weighted by atomic mass is 9.92. The number of fused-ring (bicyclic) bond motifs is 4. The molecule has 3 atom stereocenters. The Morgan fingerprint density at radius 3 is 2.14 bits per heavy atom. The number of halogens is 1. The normalized spacial score (nSPS) is 13.7. The fraction of sp³-hybridized carbons (Fsp3) is 0.386. The highest BCUT2D eigenvalue weighted by molar-refractivity contribution is 6.19. The predicted molar refractivity (Wildman–Crippen MR) is 372 cm³/mol. The number of carbonyl (C=O) groups excluding carboxylic acids is 10. The number of aromatic hydroxyl groups is 1. The highest BCUT2D eigenvalue weighted by Gasteiger charge is 2.38. The van der Waals surface area contributed by atoms with Crippen molar-refractivity contribution in [1.29, 1.82) is 0 Å². The van der Waals surface area contributed by atoms with Crippen LogP contribution in [0.2, 0.25) is 0 Å². The number of primary amides is 1. The number of hydrogen-bond donors (Lipinski definition) is 8. The first-order chi connectivity index (χ1) is 48.5. The van der Waals surface area contributed by atoms with Gasteiger partial charge in [-0.05, 0) is 103 Å². The van der Waals surface area contributed by atoms with Gasteiger partial charge < -0.3 is 90.1 Å². The summed E-state index contributed by atoms with van der Waals surface area (Å²) < 4.78 is 35.0. The van der Waals surface area contributed by atoms with Crippen LogP contribution in [0.15, 0.2) is 122 Å². The molecule has 4 aromatic carbocycles. The topological polar surface area (TPSA) is 383 Å². The molecular formula is C70H83ClN12O18. The van der Waals surface area contributed by atoms with E-state index in [0.29, 0.717) is 39.2 Å². The Balaban J connectivity index is 0.827. The Morgan fingerprint density at radius 1 is 0.782 bits per heavy atom. The molecule has 0 radical (unpaired) electrons. The number of aryl methyl sites for hydroxylation is 1. The van der Waals surface area contributed by atoms with E-state index >= 15 is 0 Å². The van der Waals surface area contributed by atoms with Gasteiger partial charge in [-0.25, -0.2) is 24.2 Å². The van der Waals surface area contributed by atoms with E-state index in [2.05, 4.69) is 38.1 Å². The minimum absolute atomic E-state index is 0.0201. The van der Waals surface area contributed by atoms with Crippen molar-refractivity contribution in [2.45, 2.75) is 71.1 Å². The number of carbonyl (C=O) groups is 10. The van der Waals surface area contributed by atoms with Gasteiger partial charge in [-0.2, -0.15) is 0 Å². The number of alkyl carbamates (subject to hydrolysis) is 1. The number of likely N-dealkylation sites (N-methyl/N-ethyl adjacent to an activating group) is 1. The summed E-state index contributed by atoms with van der Waals surface area (Å²) in [6.45, 7) is 10.0. The van der Waals surface area contributed by atoms with Gasteiger partial charge in [0.05, 0.1) is 63.3 Å². The van der Waals surface area contributed by atoms with E-state index in [-0.39, 0.29) is 164 Å². The fourth-order valence-electron chi connectivity index (χ4n) is 11.0. The molecule has 0 aliphatic carbocycles. The number of benzene rings is 4. The molecule has 6 aromatic rings. The van der Waals surface area contributed by atoms with Gasteiger partial charge in [0.2, 0.25) is 11.8 Å². The van der Waals surface area contributed by atoms with E-state index in [1.165, 1.54) is 53.3 Å². The lowest BCUT2D eigenvalue weighted by Gasteiger charge is -2.26. The zero-order valence-electron chi connectivity index (χ0n) is 56.4. The first-order valence-electron chi connectivity index (χ1n) is 32.7. The van der Waals surface area contributed by atoms with Crippen molar-refractivity contribution in [3.63, 3.8) is 0 Å². The molecule has 538 valence electrons. The lowest BCUT2D eigenvalue weighted by Crippen LogP contribution is -2.54. The molecule has 0 unspecified atom stereocenters. The Labute approximate surface area is 587 Å². The first-order valence-corrected chi connectivity index (χ1v) is 33.2. The van der Waals surface area contributed by atoms with Crippen LogP contribution < -0.4 is 42.0 Å². The summed E-state index contributed by atoms with van der Waals surface area (Å²) in [5, 5.41) is 34.3. The van der Waals surface area contributed by atoms with E-state index in [4.69, 9.17) is 45.8 Å². The third-order valence-electron chi connectivity index (χ3n) is 16.3. The van der Waals surface area contributed by atoms with Crippen molar-refractivity contribution < 1.29 is 86.6 Å². The Morgan fingerprint density at radius 2 is 1.47 bits per heavy atom. The number of allylic oxidation sites excluding steroid dienone is 1. The predicted octanol–water partition coefficient (Wildman–Crippen LogP) is 7.26. The van der Waals surface area contributed by atoms with Crippen molar-refractivity contribution >= 4 is 105 Å². The van der Waals surface area contributed by atoms with Crippen molar-refractivity contribution in [2.24, 2.45) is 11.7 Å². The number of rotatable bonds is 36. The average Bonchev–Trinajstić information content (AvgIpc) is 1.61. The number of imidazole rings is 1. The number of nitrogens with two attached hydrogens (primary N) is 1. The summed E-state index contributed by atoms with van der Waals surface area (Å²) in [6.07, 6.45) is 3.90. The number of phenols is 1. The molecule has 11 amide bonds. The van der Waals surface area contributed by atoms with Crippen LogP contribution in [0.5, 0.6) is 11.5 Å². The van der Waals surface area contributed by atoms with Crippen molar-refractivity contribution in [1.82, 2.24) is 40.0 Å². The summed E-state index contributed by atoms with van der Waals surface area (Å²) in [4.78, 5) is 140. The Kier molecular flexibility index (Phi) is 27.7. The van der Waals surface area contributed by atoms with Gasteiger partial charge >= 0.3 is 24.3 Å². The summed E-state index contributed by atoms with van der Waals surface area (Å²) in [6, 6.07) is 19.6. The summed E-state index contributed by atoms with van der Waals surface area (Å²) in [5.74, 6) is -3.47. The zero-order chi connectivity index (χ0) is 72.7. The molecule has 0 fully saturated rings. The van der Waals surface area contributed by atoms with Crippen molar-refractivity contribution in [3.05, 3.63) is 150 Å². The van der Waals surface area contributed by atoms with Crippen molar-refractivity contribution in [2.75, 3.05) is 114 Å². The van der Waals surface area contributed by atoms with E-state index < -0.39 is 65.9 Å². The van der Waals surface area contributed by atoms with Crippen LogP contribution in [-0.4, -0.2) is 205 Å². The quantitative estimate of drug-likeness (QED) is 0.00830. The number of phenolic OH excluding ortho intramolecular Hbond substituents is 1. The number of anilines is 3. The van der Waals surface area contributed by atoms with Gasteiger partial charge in [0.15, 0.2) is 0 Å². The second kappa shape index (κ2) is 36.8. The molecule has 0 bridgehead atoms. The molecule has 30 nitrogen and oxygen atoms in total. The minimum atomic E-state index is -1.15. The van der Waals surface area contributed by atoms with Gasteiger partial charge in [0.1, 0.15) is 48.1 Å². The molecule has 0 spiro atoms. The Hall–Kier alpha value is -10.8. The molecular weight excluding hydrogens is 1330 g/mol. The SMILES string of the molecule is C=C(O)CCCN(CCN(C)C(=O)OCc1ccc(NC(=O)[C@H](CCCNC(N)=O)NC(=O)[C@@H](NC(=O)OCCOCCOCCOCCN2C(=O)C=CC2=O)C(C)C)cc1)C(=O)Oc1cc2c(c3c(C)cccc13)[C@H](CCl)CN2C(=O)c1cn2cc(NC(=O)c3ccc(O)cc3)ccc2n1. The smallest absolute Gasteiger partial charge is 0.415 e. The molecule has 0 saturated heterocycles. The molecule has 9 N–H and O–H groups in total. The number of ether oxygens (including phenoxy) is 6. The van der Waals surface area contributed by atoms with Crippen molar-refractivity contribution in [3.8, 4) is 11.5 Å². The van der Waals surface area contributed by atoms with Gasteiger partial charge in [0, 0.05) is 105 Å². The standard InChI is InChI=1S/C70H83ClN12O18/c1-43(2)62(78-68(93)99-36-35-98-34-33-97-32-31-96-30-29-82-58(86)23-24-59(82)87)65(90)77-53(12-7-25-73-67(72)92)64(89)74-49-17-13-46(14-18-49)42-100-69(94)79(5)27-28-80(26-8-10-45(4)84)70(95)101-56-37-55-61(60-44(3)9-6-11-52(56)60)48(38-71)39-83(55)66(91)54-41-81-40-50(19-22-57(81)76-54)75-63(88)47-15-20-51(85)21-16-47/h6,9,11,13-24,37,40-41,43,48,53,62,84-85H,4,7-8,10,12,25-36,38-39,42H2,1-3,5H3,(H,74,89)(H,75,88)(H,77,90)(H,78,93)(H3,72,73,92)/t48-,53+,62+/m1/s1. The number of aliphatic hydroxyl groups is 1. The monoisotopic (exact) mass is 1410 g/mol. The number of nitrogens with one attached hydrogen (secondary N) is 5. The molecule has 31 heteroatoms. The number of nitrogens with zero attached hydrogens (tertiary/aromatic N) is 6. The molecule has 8 rings (SSSR count). The number of amides is 11. The molecule has 0 saturated carbocycles. The lowest BCUT2D eigenvalue weighted by molar-refractivity contribution is -0.137. The maximum Gasteiger partial charge on any atom is 0.415 e. The number of pyridine rings is 1. The van der Waals surface area contributed by atoms with Crippen LogP contribution in [0.3, 0.4) is 0 Å². The average molecular weight is 1420 g/mol. The van der Waals surface area contributed by atoms with Gasteiger partial charge in [-0.1, -0.05) is 50.8 Å². The molecule has 2 aromatic heterocycles. The van der Waals surface area contributed by atoms with Crippen LogP contribution in [0.4, 0.5) is 36.2 Å². The summed E-state index contributed by atoms with van der Waals surface area (Å²) in [7, 11) is 1.49. The number of aromatic nitrogens is 2. The Bertz CT molecular complexity index is 4000. The molecule has 2 aliphatic heterocycles. The molecule has 101 heavy (non-hydrogen) atoms. The second-order valence-corrected chi connectivity index (χ2v) is 24.4. The minimum Gasteiger partial charge on any atom is -0.513 e. The largest absolute Gasteiger partial charge is 0.513 e. The van der Waals surface area contributed by atoms with Gasteiger partial charge in [-0.3, -0.25) is 33.7 Å². The summed E-state index contributed by atoms with van der Waals surface area (Å²) >= 11 is 6.66. The number of imide groups is 1. The van der Waals surface area contributed by atoms with Gasteiger partial charge in [-0.15, -0.1) is 11.6 Å². The third kappa shape index (κ3) is 21.6. The van der Waals surface area contributed by atoms with E-state index in [1.54, 1.807) is 78.0 Å². The highest BCUT2D eigenvalue weighted by atomic mass is 35.5. The highest BCUT2D eigenvalue weighted by Crippen LogP contribution is 2.47. The maximum atomic E-state index is 14.6. The third-order valence-corrected chi connectivity index (χ3v) is 16.7. The van der Waals surface area contributed by atoms with Gasteiger partial charge in [0.25, 0.3) is 23.6 Å². The fourth-order valence-corrected chi connectivity index (χ4v) is 11.2. The van der Waals surface area contributed by atoms with Crippen LogP contribution in [0.1, 0.15) is 83.0 Å².